The van der Waals surface area contributed by atoms with E-state index in [1.54, 1.807) is 0 Å². The summed E-state index contributed by atoms with van der Waals surface area (Å²) in [6, 6.07) is 0. The van der Waals surface area contributed by atoms with Crippen molar-refractivity contribution >= 4 is 5.91 Å². The number of nitrogens with zero attached hydrogens (tertiary/aromatic N) is 1. The van der Waals surface area contributed by atoms with Gasteiger partial charge in [-0.15, -0.1) is 0 Å². The molecule has 1 fully saturated rings. The van der Waals surface area contributed by atoms with Gasteiger partial charge >= 0.3 is 0 Å². The van der Waals surface area contributed by atoms with Gasteiger partial charge in [0, 0.05) is 31.6 Å². The lowest BCUT2D eigenvalue weighted by molar-refractivity contribution is -0.130. The molecular formula is C12H24N2O. The molecular weight excluding hydrogens is 188 g/mol. The fourth-order valence-electron chi connectivity index (χ4n) is 2.04. The lowest BCUT2D eigenvalue weighted by atomic mass is 10.1. The first-order valence-electron chi connectivity index (χ1n) is 6.08. The van der Waals surface area contributed by atoms with Gasteiger partial charge < -0.3 is 10.2 Å². The lowest BCUT2D eigenvalue weighted by Gasteiger charge is -2.30. The van der Waals surface area contributed by atoms with E-state index in [-0.39, 0.29) is 5.54 Å². The van der Waals surface area contributed by atoms with Gasteiger partial charge in [-0.1, -0.05) is 19.8 Å². The maximum absolute atomic E-state index is 11.8. The molecule has 0 aromatic heterocycles. The summed E-state index contributed by atoms with van der Waals surface area (Å²) in [6.07, 6.45) is 4.22. The van der Waals surface area contributed by atoms with Crippen LogP contribution >= 0.6 is 0 Å². The Morgan fingerprint density at radius 1 is 1.40 bits per heavy atom. The Balaban J connectivity index is 2.47. The largest absolute Gasteiger partial charge is 0.341 e. The predicted octanol–water partition coefficient (Wildman–Crippen LogP) is 1.78. The standard InChI is InChI=1S/C12H24N2O/c1-4-5-6-9-14-10-12(2,3)13-8-7-11(14)15/h13H,4-10H2,1-3H3. The highest BCUT2D eigenvalue weighted by molar-refractivity contribution is 5.76. The molecule has 0 atom stereocenters. The molecule has 1 saturated heterocycles. The molecule has 0 unspecified atom stereocenters. The van der Waals surface area contributed by atoms with Gasteiger partial charge in [0.1, 0.15) is 0 Å². The molecule has 1 amide bonds. The van der Waals surface area contributed by atoms with Gasteiger partial charge in [-0.2, -0.15) is 0 Å². The fourth-order valence-corrected chi connectivity index (χ4v) is 2.04. The van der Waals surface area contributed by atoms with Crippen molar-refractivity contribution in [2.45, 2.75) is 52.0 Å². The molecule has 0 aromatic rings. The van der Waals surface area contributed by atoms with Crippen molar-refractivity contribution in [2.75, 3.05) is 19.6 Å². The van der Waals surface area contributed by atoms with Crippen molar-refractivity contribution in [1.82, 2.24) is 10.2 Å². The van der Waals surface area contributed by atoms with Gasteiger partial charge in [-0.05, 0) is 20.3 Å². The topological polar surface area (TPSA) is 32.3 Å². The second-order valence-electron chi connectivity index (χ2n) is 5.08. The van der Waals surface area contributed by atoms with E-state index >= 15 is 0 Å². The van der Waals surface area contributed by atoms with Gasteiger partial charge in [-0.3, -0.25) is 4.79 Å². The van der Waals surface area contributed by atoms with E-state index in [0.29, 0.717) is 12.3 Å². The van der Waals surface area contributed by atoms with Crippen molar-refractivity contribution in [3.63, 3.8) is 0 Å². The zero-order valence-electron chi connectivity index (χ0n) is 10.3. The third kappa shape index (κ3) is 4.20. The Bertz CT molecular complexity index is 214. The molecule has 88 valence electrons. The van der Waals surface area contributed by atoms with Crippen LogP contribution in [0, 0.1) is 0 Å². The second kappa shape index (κ2) is 5.50. The third-order valence-electron chi connectivity index (χ3n) is 2.91. The summed E-state index contributed by atoms with van der Waals surface area (Å²) in [7, 11) is 0. The molecule has 3 nitrogen and oxygen atoms in total. The summed E-state index contributed by atoms with van der Waals surface area (Å²) in [5.41, 5.74) is 0.0678. The van der Waals surface area contributed by atoms with Crippen LogP contribution in [0.15, 0.2) is 0 Å². The number of hydrogen-bond donors (Lipinski definition) is 1. The lowest BCUT2D eigenvalue weighted by Crippen LogP contribution is -2.47. The van der Waals surface area contributed by atoms with Crippen LogP contribution in [0.2, 0.25) is 0 Å². The van der Waals surface area contributed by atoms with Crippen LogP contribution in [0.3, 0.4) is 0 Å². The number of nitrogens with one attached hydrogen (secondary N) is 1. The maximum atomic E-state index is 11.8. The van der Waals surface area contributed by atoms with E-state index in [4.69, 9.17) is 0 Å². The van der Waals surface area contributed by atoms with E-state index < -0.39 is 0 Å². The van der Waals surface area contributed by atoms with Gasteiger partial charge in [0.25, 0.3) is 0 Å². The SMILES string of the molecule is CCCCCN1CC(C)(C)NCCC1=O. The Hall–Kier alpha value is -0.570. The molecule has 0 spiro atoms. The Labute approximate surface area is 93.2 Å². The van der Waals surface area contributed by atoms with Gasteiger partial charge in [0.2, 0.25) is 5.91 Å². The summed E-state index contributed by atoms with van der Waals surface area (Å²) in [5, 5.41) is 3.41. The normalized spacial score (nSPS) is 21.5. The van der Waals surface area contributed by atoms with E-state index in [1.165, 1.54) is 12.8 Å². The number of carbonyl (C=O) groups excluding carboxylic acids is 1. The van der Waals surface area contributed by atoms with Gasteiger partial charge in [0.05, 0.1) is 0 Å². The molecule has 0 bridgehead atoms. The average Bonchev–Trinajstić information content (AvgIpc) is 2.27. The molecule has 1 heterocycles. The van der Waals surface area contributed by atoms with Crippen molar-refractivity contribution in [2.24, 2.45) is 0 Å². The molecule has 1 aliphatic rings. The van der Waals surface area contributed by atoms with Crippen LogP contribution in [-0.2, 0) is 4.79 Å². The molecule has 1 aliphatic heterocycles. The van der Waals surface area contributed by atoms with Crippen LogP contribution in [0.5, 0.6) is 0 Å². The predicted molar refractivity (Wildman–Crippen MR) is 62.8 cm³/mol. The Morgan fingerprint density at radius 3 is 2.80 bits per heavy atom. The van der Waals surface area contributed by atoms with Crippen LogP contribution in [0.1, 0.15) is 46.5 Å². The highest BCUT2D eigenvalue weighted by Gasteiger charge is 2.27. The Kier molecular flexibility index (Phi) is 4.58. The van der Waals surface area contributed by atoms with Gasteiger partial charge in [0.15, 0.2) is 0 Å². The first-order chi connectivity index (χ1) is 7.05. The van der Waals surface area contributed by atoms with Crippen molar-refractivity contribution < 1.29 is 4.79 Å². The van der Waals surface area contributed by atoms with Crippen molar-refractivity contribution in [1.29, 1.82) is 0 Å². The van der Waals surface area contributed by atoms with Crippen molar-refractivity contribution in [3.05, 3.63) is 0 Å². The number of carbonyl (C=O) groups is 1. The highest BCUT2D eigenvalue weighted by atomic mass is 16.2. The molecule has 0 aliphatic carbocycles. The van der Waals surface area contributed by atoms with Crippen LogP contribution in [-0.4, -0.2) is 36.0 Å². The maximum Gasteiger partial charge on any atom is 0.223 e. The second-order valence-corrected chi connectivity index (χ2v) is 5.08. The minimum Gasteiger partial charge on any atom is -0.341 e. The number of amides is 1. The number of unbranched alkanes of at least 4 members (excludes halogenated alkanes) is 2. The summed E-state index contributed by atoms with van der Waals surface area (Å²) in [5.74, 6) is 0.309. The molecule has 1 rings (SSSR count). The molecule has 0 saturated carbocycles. The van der Waals surface area contributed by atoms with Crippen LogP contribution < -0.4 is 5.32 Å². The minimum absolute atomic E-state index is 0.0678. The van der Waals surface area contributed by atoms with E-state index in [9.17, 15) is 4.79 Å². The smallest absolute Gasteiger partial charge is 0.223 e. The highest BCUT2D eigenvalue weighted by Crippen LogP contribution is 2.12. The van der Waals surface area contributed by atoms with E-state index in [2.05, 4.69) is 26.1 Å². The summed E-state index contributed by atoms with van der Waals surface area (Å²) >= 11 is 0. The molecule has 15 heavy (non-hydrogen) atoms. The quantitative estimate of drug-likeness (QED) is 0.720. The van der Waals surface area contributed by atoms with Crippen LogP contribution in [0.4, 0.5) is 0 Å². The summed E-state index contributed by atoms with van der Waals surface area (Å²) in [4.78, 5) is 13.8. The fraction of sp³-hybridized carbons (Fsp3) is 0.917. The molecule has 0 radical (unpaired) electrons. The first-order valence-corrected chi connectivity index (χ1v) is 6.08. The van der Waals surface area contributed by atoms with E-state index in [0.717, 1.165) is 26.1 Å². The van der Waals surface area contributed by atoms with Crippen LogP contribution in [0.25, 0.3) is 0 Å². The summed E-state index contributed by atoms with van der Waals surface area (Å²) < 4.78 is 0. The monoisotopic (exact) mass is 212 g/mol. The first kappa shape index (κ1) is 12.5. The molecule has 1 N–H and O–H groups in total. The van der Waals surface area contributed by atoms with Crippen molar-refractivity contribution in [3.8, 4) is 0 Å². The zero-order chi connectivity index (χ0) is 11.3. The Morgan fingerprint density at radius 2 is 2.13 bits per heavy atom. The average molecular weight is 212 g/mol. The molecule has 3 heteroatoms. The number of hydrogen-bond acceptors (Lipinski definition) is 2. The molecule has 0 aromatic carbocycles. The van der Waals surface area contributed by atoms with Gasteiger partial charge in [-0.25, -0.2) is 0 Å². The summed E-state index contributed by atoms with van der Waals surface area (Å²) in [6.45, 7) is 9.11. The zero-order valence-corrected chi connectivity index (χ0v) is 10.3. The third-order valence-corrected chi connectivity index (χ3v) is 2.91. The number of rotatable bonds is 4. The minimum atomic E-state index is 0.0678. The van der Waals surface area contributed by atoms with E-state index in [1.807, 2.05) is 4.90 Å².